The summed E-state index contributed by atoms with van der Waals surface area (Å²) in [6, 6.07) is 8.01. The molecule has 0 bridgehead atoms. The molecule has 4 nitrogen and oxygen atoms in total. The maximum Gasteiger partial charge on any atom is 0.132 e. The molecule has 114 valence electrons. The highest BCUT2D eigenvalue weighted by molar-refractivity contribution is 9.10. The molecule has 1 aromatic heterocycles. The quantitative estimate of drug-likeness (QED) is 0.893. The molecule has 1 heterocycles. The van der Waals surface area contributed by atoms with Crippen LogP contribution in [0.25, 0.3) is 0 Å². The van der Waals surface area contributed by atoms with Gasteiger partial charge in [0.05, 0.1) is 5.69 Å². The lowest BCUT2D eigenvalue weighted by atomic mass is 10.1. The van der Waals surface area contributed by atoms with E-state index < -0.39 is 0 Å². The molecule has 1 aromatic carbocycles. The van der Waals surface area contributed by atoms with Crippen LogP contribution in [-0.2, 0) is 20.2 Å². The molecule has 2 aromatic rings. The van der Waals surface area contributed by atoms with Crippen molar-refractivity contribution in [3.8, 4) is 5.75 Å². The number of rotatable bonds is 5. The second-order valence-electron chi connectivity index (χ2n) is 6.13. The van der Waals surface area contributed by atoms with Crippen molar-refractivity contribution in [1.82, 2.24) is 15.1 Å². The summed E-state index contributed by atoms with van der Waals surface area (Å²) in [5, 5.41) is 7.79. The normalized spacial score (nSPS) is 11.7. The summed E-state index contributed by atoms with van der Waals surface area (Å²) < 4.78 is 8.67. The second kappa shape index (κ2) is 6.62. The molecule has 0 atom stereocenters. The molecule has 0 fully saturated rings. The molecular formula is C16H22BrN3O. The first-order chi connectivity index (χ1) is 9.83. The third kappa shape index (κ3) is 5.17. The lowest BCUT2D eigenvalue weighted by molar-refractivity contribution is 0.299. The smallest absolute Gasteiger partial charge is 0.132 e. The van der Waals surface area contributed by atoms with E-state index in [4.69, 9.17) is 4.74 Å². The van der Waals surface area contributed by atoms with E-state index in [0.717, 1.165) is 22.5 Å². The Kier molecular flexibility index (Phi) is 5.06. The fourth-order valence-corrected chi connectivity index (χ4v) is 2.22. The summed E-state index contributed by atoms with van der Waals surface area (Å²) >= 11 is 3.59. The predicted octanol–water partition coefficient (Wildman–Crippen LogP) is 3.65. The molecule has 1 N–H and O–H groups in total. The molecule has 0 saturated heterocycles. The number of aromatic nitrogens is 2. The molecule has 0 aliphatic carbocycles. The number of nitrogens with one attached hydrogen (secondary N) is 1. The van der Waals surface area contributed by atoms with Gasteiger partial charge in [-0.1, -0.05) is 15.9 Å². The summed E-state index contributed by atoms with van der Waals surface area (Å²) in [7, 11) is 1.90. The van der Waals surface area contributed by atoms with Gasteiger partial charge in [-0.15, -0.1) is 0 Å². The van der Waals surface area contributed by atoms with Crippen LogP contribution >= 0.6 is 15.9 Å². The highest BCUT2D eigenvalue weighted by Crippen LogP contribution is 2.23. The van der Waals surface area contributed by atoms with Crippen LogP contribution in [0.15, 0.2) is 34.9 Å². The number of ether oxygens (including phenoxy) is 1. The standard InChI is InChI=1S/C16H22BrN3O/c1-16(2,3)18-10-12-9-14(5-6-15(12)17)21-11-13-7-8-20(4)19-13/h5-9,18H,10-11H2,1-4H3. The predicted molar refractivity (Wildman–Crippen MR) is 88.3 cm³/mol. The van der Waals surface area contributed by atoms with Crippen LogP contribution in [0.2, 0.25) is 0 Å². The van der Waals surface area contributed by atoms with Crippen LogP contribution < -0.4 is 10.1 Å². The Morgan fingerprint density at radius 1 is 1.29 bits per heavy atom. The summed E-state index contributed by atoms with van der Waals surface area (Å²) in [4.78, 5) is 0. The van der Waals surface area contributed by atoms with E-state index >= 15 is 0 Å². The number of halogens is 1. The van der Waals surface area contributed by atoms with E-state index in [9.17, 15) is 0 Å². The van der Waals surface area contributed by atoms with Crippen molar-refractivity contribution in [3.05, 3.63) is 46.2 Å². The van der Waals surface area contributed by atoms with Gasteiger partial charge in [-0.2, -0.15) is 5.10 Å². The first-order valence-corrected chi connectivity index (χ1v) is 7.77. The maximum atomic E-state index is 5.81. The van der Waals surface area contributed by atoms with Crippen molar-refractivity contribution in [2.24, 2.45) is 7.05 Å². The molecule has 0 aliphatic heterocycles. The van der Waals surface area contributed by atoms with Crippen LogP contribution in [-0.4, -0.2) is 15.3 Å². The molecule has 0 aliphatic rings. The zero-order chi connectivity index (χ0) is 15.5. The van der Waals surface area contributed by atoms with Gasteiger partial charge in [0.25, 0.3) is 0 Å². The van der Waals surface area contributed by atoms with Crippen molar-refractivity contribution in [1.29, 1.82) is 0 Å². The highest BCUT2D eigenvalue weighted by atomic mass is 79.9. The summed E-state index contributed by atoms with van der Waals surface area (Å²) in [5.74, 6) is 0.856. The van der Waals surface area contributed by atoms with Crippen molar-refractivity contribution < 1.29 is 4.74 Å². The van der Waals surface area contributed by atoms with Gasteiger partial charge in [-0.3, -0.25) is 4.68 Å². The van der Waals surface area contributed by atoms with Gasteiger partial charge in [0.1, 0.15) is 12.4 Å². The Morgan fingerprint density at radius 2 is 2.05 bits per heavy atom. The molecule has 5 heteroatoms. The van der Waals surface area contributed by atoms with E-state index in [-0.39, 0.29) is 5.54 Å². The van der Waals surface area contributed by atoms with Crippen molar-refractivity contribution in [2.75, 3.05) is 0 Å². The van der Waals surface area contributed by atoms with Gasteiger partial charge in [0, 0.05) is 29.8 Å². The van der Waals surface area contributed by atoms with Gasteiger partial charge in [0.2, 0.25) is 0 Å². The minimum atomic E-state index is 0.0876. The Bertz CT molecular complexity index is 602. The van der Waals surface area contributed by atoms with Gasteiger partial charge in [-0.05, 0) is 50.6 Å². The maximum absolute atomic E-state index is 5.81. The lowest BCUT2D eigenvalue weighted by Crippen LogP contribution is -2.35. The van der Waals surface area contributed by atoms with Crippen LogP contribution in [0.3, 0.4) is 0 Å². The fraction of sp³-hybridized carbons (Fsp3) is 0.438. The van der Waals surface area contributed by atoms with Gasteiger partial charge < -0.3 is 10.1 Å². The number of nitrogens with zero attached hydrogens (tertiary/aromatic N) is 2. The van der Waals surface area contributed by atoms with E-state index in [2.05, 4.69) is 53.2 Å². The third-order valence-electron chi connectivity index (χ3n) is 2.98. The van der Waals surface area contributed by atoms with Gasteiger partial charge in [0.15, 0.2) is 0 Å². The fourth-order valence-electron chi connectivity index (χ4n) is 1.83. The number of hydrogen-bond acceptors (Lipinski definition) is 3. The van der Waals surface area contributed by atoms with Gasteiger partial charge >= 0.3 is 0 Å². The molecule has 0 radical (unpaired) electrons. The minimum absolute atomic E-state index is 0.0876. The van der Waals surface area contributed by atoms with Crippen molar-refractivity contribution in [2.45, 2.75) is 39.5 Å². The number of benzene rings is 1. The first-order valence-electron chi connectivity index (χ1n) is 6.98. The highest BCUT2D eigenvalue weighted by Gasteiger charge is 2.10. The topological polar surface area (TPSA) is 39.1 Å². The Balaban J connectivity index is 2.00. The van der Waals surface area contributed by atoms with E-state index in [1.165, 1.54) is 5.56 Å². The molecule has 0 amide bonds. The van der Waals surface area contributed by atoms with Crippen LogP contribution in [0.4, 0.5) is 0 Å². The summed E-state index contributed by atoms with van der Waals surface area (Å²) in [5.41, 5.74) is 2.20. The van der Waals surface area contributed by atoms with Crippen LogP contribution in [0.1, 0.15) is 32.0 Å². The van der Waals surface area contributed by atoms with E-state index in [1.807, 2.05) is 31.4 Å². The second-order valence-corrected chi connectivity index (χ2v) is 6.98. The number of hydrogen-bond donors (Lipinski definition) is 1. The molecule has 0 unspecified atom stereocenters. The molecule has 0 saturated carbocycles. The molecule has 0 spiro atoms. The zero-order valence-electron chi connectivity index (χ0n) is 13.0. The minimum Gasteiger partial charge on any atom is -0.487 e. The summed E-state index contributed by atoms with van der Waals surface area (Å²) in [6.45, 7) is 7.74. The average molecular weight is 352 g/mol. The van der Waals surface area contributed by atoms with Gasteiger partial charge in [-0.25, -0.2) is 0 Å². The average Bonchev–Trinajstić information content (AvgIpc) is 2.81. The summed E-state index contributed by atoms with van der Waals surface area (Å²) in [6.07, 6.45) is 1.92. The van der Waals surface area contributed by atoms with Crippen LogP contribution in [0.5, 0.6) is 5.75 Å². The molecular weight excluding hydrogens is 330 g/mol. The Labute approximate surface area is 134 Å². The van der Waals surface area contributed by atoms with Crippen molar-refractivity contribution in [3.63, 3.8) is 0 Å². The lowest BCUT2D eigenvalue weighted by Gasteiger charge is -2.21. The Hall–Kier alpha value is -1.33. The van der Waals surface area contributed by atoms with E-state index in [1.54, 1.807) is 4.68 Å². The van der Waals surface area contributed by atoms with Crippen molar-refractivity contribution >= 4 is 15.9 Å². The number of aryl methyl sites for hydroxylation is 1. The SMILES string of the molecule is Cn1ccc(COc2ccc(Br)c(CNC(C)(C)C)c2)n1. The third-order valence-corrected chi connectivity index (χ3v) is 3.76. The van der Waals surface area contributed by atoms with Crippen LogP contribution in [0, 0.1) is 0 Å². The largest absolute Gasteiger partial charge is 0.487 e. The molecule has 2 rings (SSSR count). The van der Waals surface area contributed by atoms with E-state index in [0.29, 0.717) is 6.61 Å². The molecule has 21 heavy (non-hydrogen) atoms. The monoisotopic (exact) mass is 351 g/mol. The first kappa shape index (κ1) is 16.0. The Morgan fingerprint density at radius 3 is 2.67 bits per heavy atom. The zero-order valence-corrected chi connectivity index (χ0v) is 14.6.